The van der Waals surface area contributed by atoms with Gasteiger partial charge in [0.15, 0.2) is 0 Å². The highest BCUT2D eigenvalue weighted by Gasteiger charge is 2.26. The van der Waals surface area contributed by atoms with Gasteiger partial charge in [-0.2, -0.15) is 0 Å². The van der Waals surface area contributed by atoms with Crippen molar-refractivity contribution >= 4 is 40.0 Å². The number of nitrogens with one attached hydrogen (secondary N) is 1. The number of carbonyl (C=O) groups is 1. The van der Waals surface area contributed by atoms with Crippen LogP contribution in [0.25, 0.3) is 10.9 Å². The molecule has 106 valence electrons. The molecule has 1 aromatic heterocycles. The Morgan fingerprint density at radius 1 is 1.45 bits per heavy atom. The molecule has 2 heterocycles. The van der Waals surface area contributed by atoms with Gasteiger partial charge in [-0.25, -0.2) is 0 Å². The number of hydrogen-bond acceptors (Lipinski definition) is 2. The molecular formula is C14H15Cl2N3O. The van der Waals surface area contributed by atoms with Crippen LogP contribution in [0, 0.1) is 0 Å². The van der Waals surface area contributed by atoms with E-state index in [-0.39, 0.29) is 5.91 Å². The molecule has 20 heavy (non-hydrogen) atoms. The minimum atomic E-state index is -0.472. The lowest BCUT2D eigenvalue weighted by Crippen LogP contribution is -2.44. The lowest BCUT2D eigenvalue weighted by molar-refractivity contribution is -0.133. The van der Waals surface area contributed by atoms with Gasteiger partial charge in [-0.1, -0.05) is 29.3 Å². The van der Waals surface area contributed by atoms with Crippen molar-refractivity contribution < 1.29 is 4.79 Å². The first-order valence-corrected chi connectivity index (χ1v) is 7.26. The zero-order valence-electron chi connectivity index (χ0n) is 11.0. The van der Waals surface area contributed by atoms with E-state index in [0.717, 1.165) is 28.6 Å². The second-order valence-electron chi connectivity index (χ2n) is 5.16. The molecule has 1 aliphatic rings. The Morgan fingerprint density at radius 2 is 2.20 bits per heavy atom. The highest BCUT2D eigenvalue weighted by molar-refractivity contribution is 6.45. The molecule has 0 saturated carbocycles. The summed E-state index contributed by atoms with van der Waals surface area (Å²) in [6.45, 7) is 2.95. The highest BCUT2D eigenvalue weighted by atomic mass is 35.5. The van der Waals surface area contributed by atoms with Gasteiger partial charge >= 0.3 is 0 Å². The summed E-state index contributed by atoms with van der Waals surface area (Å²) in [6, 6.07) is 3.26. The zero-order chi connectivity index (χ0) is 14.4. The third-order valence-electron chi connectivity index (χ3n) is 3.74. The Balaban J connectivity index is 2.05. The molecule has 6 heteroatoms. The molecule has 1 unspecified atom stereocenters. The van der Waals surface area contributed by atoms with E-state index < -0.39 is 6.04 Å². The van der Waals surface area contributed by atoms with Gasteiger partial charge in [0.25, 0.3) is 0 Å². The van der Waals surface area contributed by atoms with Crippen LogP contribution in [0.3, 0.4) is 0 Å². The van der Waals surface area contributed by atoms with Crippen molar-refractivity contribution in [2.75, 3.05) is 6.54 Å². The summed E-state index contributed by atoms with van der Waals surface area (Å²) in [5.41, 5.74) is 8.76. The Kier molecular flexibility index (Phi) is 3.40. The summed E-state index contributed by atoms with van der Waals surface area (Å²) >= 11 is 12.3. The smallest absolute Gasteiger partial charge is 0.239 e. The quantitative estimate of drug-likeness (QED) is 0.850. The van der Waals surface area contributed by atoms with Crippen LogP contribution in [0.15, 0.2) is 12.1 Å². The van der Waals surface area contributed by atoms with Crippen molar-refractivity contribution in [3.8, 4) is 0 Å². The lowest BCUT2D eigenvalue weighted by atomic mass is 10.0. The van der Waals surface area contributed by atoms with E-state index in [2.05, 4.69) is 4.98 Å². The molecule has 0 bridgehead atoms. The Bertz CT molecular complexity index is 693. The minimum absolute atomic E-state index is 0.0231. The Labute approximate surface area is 126 Å². The molecule has 3 N–H and O–H groups in total. The summed E-state index contributed by atoms with van der Waals surface area (Å²) in [6.07, 6.45) is 0.774. The molecule has 1 aromatic carbocycles. The number of halogens is 2. The number of hydrogen-bond donors (Lipinski definition) is 2. The Morgan fingerprint density at radius 3 is 2.90 bits per heavy atom. The van der Waals surface area contributed by atoms with E-state index in [1.807, 2.05) is 6.07 Å². The van der Waals surface area contributed by atoms with Crippen LogP contribution in [0.2, 0.25) is 10.0 Å². The van der Waals surface area contributed by atoms with Gasteiger partial charge in [0.05, 0.1) is 21.6 Å². The molecule has 1 atom stereocenters. The van der Waals surface area contributed by atoms with Crippen LogP contribution in [-0.4, -0.2) is 28.4 Å². The maximum atomic E-state index is 12.0. The first-order chi connectivity index (χ1) is 9.49. The molecule has 4 nitrogen and oxygen atoms in total. The number of nitrogens with two attached hydrogens (primary N) is 1. The van der Waals surface area contributed by atoms with E-state index in [0.29, 0.717) is 23.1 Å². The van der Waals surface area contributed by atoms with Crippen molar-refractivity contribution in [3.63, 3.8) is 0 Å². The summed E-state index contributed by atoms with van der Waals surface area (Å²) in [4.78, 5) is 17.2. The van der Waals surface area contributed by atoms with E-state index in [9.17, 15) is 4.79 Å². The topological polar surface area (TPSA) is 62.1 Å². The maximum absolute atomic E-state index is 12.0. The van der Waals surface area contributed by atoms with Crippen molar-refractivity contribution in [3.05, 3.63) is 33.4 Å². The van der Waals surface area contributed by atoms with Crippen LogP contribution in [-0.2, 0) is 17.8 Å². The fraction of sp³-hybridized carbons (Fsp3) is 0.357. The van der Waals surface area contributed by atoms with Gasteiger partial charge < -0.3 is 15.6 Å². The fourth-order valence-corrected chi connectivity index (χ4v) is 3.07. The van der Waals surface area contributed by atoms with Gasteiger partial charge in [-0.3, -0.25) is 4.79 Å². The van der Waals surface area contributed by atoms with Crippen molar-refractivity contribution in [2.24, 2.45) is 5.73 Å². The number of nitrogens with zero attached hydrogens (tertiary/aromatic N) is 1. The number of rotatable bonds is 1. The fourth-order valence-electron chi connectivity index (χ4n) is 2.70. The SMILES string of the molecule is CC(N)C(=O)N1CCc2[nH]c3c(Cl)c(Cl)ccc3c2C1. The monoisotopic (exact) mass is 311 g/mol. The number of H-pyrrole nitrogens is 1. The molecule has 0 saturated heterocycles. The first-order valence-electron chi connectivity index (χ1n) is 6.51. The minimum Gasteiger partial charge on any atom is -0.357 e. The predicted molar refractivity (Wildman–Crippen MR) is 81.1 cm³/mol. The lowest BCUT2D eigenvalue weighted by Gasteiger charge is -2.28. The first kappa shape index (κ1) is 13.7. The van der Waals surface area contributed by atoms with Gasteiger partial charge in [0, 0.05) is 36.2 Å². The third-order valence-corrected chi connectivity index (χ3v) is 4.55. The van der Waals surface area contributed by atoms with Crippen LogP contribution in [0.5, 0.6) is 0 Å². The average Bonchev–Trinajstić information content (AvgIpc) is 2.80. The molecule has 1 aliphatic heterocycles. The number of fused-ring (bicyclic) bond motifs is 3. The van der Waals surface area contributed by atoms with Crippen LogP contribution >= 0.6 is 23.2 Å². The van der Waals surface area contributed by atoms with Gasteiger partial charge in [-0.05, 0) is 13.0 Å². The number of aromatic amines is 1. The summed E-state index contributed by atoms with van der Waals surface area (Å²) in [5, 5.41) is 2.08. The second-order valence-corrected chi connectivity index (χ2v) is 5.95. The predicted octanol–water partition coefficient (Wildman–Crippen LogP) is 2.71. The molecule has 0 fully saturated rings. The standard InChI is InChI=1S/C14H15Cl2N3O/c1-7(17)14(20)19-5-4-11-9(6-19)8-2-3-10(15)12(16)13(8)18-11/h2-3,7,18H,4-6,17H2,1H3. The van der Waals surface area contributed by atoms with E-state index in [1.165, 1.54) is 0 Å². The molecule has 0 spiro atoms. The normalized spacial score (nSPS) is 16.3. The van der Waals surface area contributed by atoms with Gasteiger partial charge in [0.1, 0.15) is 0 Å². The van der Waals surface area contributed by atoms with Gasteiger partial charge in [0.2, 0.25) is 5.91 Å². The highest BCUT2D eigenvalue weighted by Crippen LogP contribution is 2.35. The third kappa shape index (κ3) is 2.08. The van der Waals surface area contributed by atoms with E-state index in [1.54, 1.807) is 17.9 Å². The van der Waals surface area contributed by atoms with Crippen molar-refractivity contribution in [2.45, 2.75) is 25.9 Å². The number of aromatic nitrogens is 1. The molecule has 0 radical (unpaired) electrons. The number of benzene rings is 1. The molecule has 3 rings (SSSR count). The van der Waals surface area contributed by atoms with Crippen molar-refractivity contribution in [1.29, 1.82) is 0 Å². The maximum Gasteiger partial charge on any atom is 0.239 e. The second kappa shape index (κ2) is 4.95. The van der Waals surface area contributed by atoms with Crippen LogP contribution in [0.4, 0.5) is 0 Å². The van der Waals surface area contributed by atoms with E-state index in [4.69, 9.17) is 28.9 Å². The van der Waals surface area contributed by atoms with Crippen LogP contribution < -0.4 is 5.73 Å². The Hall–Kier alpha value is -1.23. The summed E-state index contributed by atoms with van der Waals surface area (Å²) in [5.74, 6) is -0.0231. The largest absolute Gasteiger partial charge is 0.357 e. The molecule has 2 aromatic rings. The zero-order valence-corrected chi connectivity index (χ0v) is 12.6. The van der Waals surface area contributed by atoms with E-state index >= 15 is 0 Å². The molecule has 0 aliphatic carbocycles. The van der Waals surface area contributed by atoms with Crippen molar-refractivity contribution in [1.82, 2.24) is 9.88 Å². The average molecular weight is 312 g/mol. The summed E-state index contributed by atoms with van der Waals surface area (Å²) < 4.78 is 0. The van der Waals surface area contributed by atoms with Crippen LogP contribution in [0.1, 0.15) is 18.2 Å². The number of carbonyl (C=O) groups excluding carboxylic acids is 1. The molecule has 1 amide bonds. The summed E-state index contributed by atoms with van der Waals surface area (Å²) in [7, 11) is 0. The number of amides is 1. The van der Waals surface area contributed by atoms with Gasteiger partial charge in [-0.15, -0.1) is 0 Å². The molecular weight excluding hydrogens is 297 g/mol.